The van der Waals surface area contributed by atoms with E-state index in [4.69, 9.17) is 4.74 Å². The first kappa shape index (κ1) is 18.9. The third-order valence-corrected chi connectivity index (χ3v) is 6.55. The Kier molecular flexibility index (Phi) is 4.57. The molecule has 158 valence electrons. The number of anilines is 2. The molecule has 0 aliphatic carbocycles. The average Bonchev–Trinajstić information content (AvgIpc) is 3.21. The van der Waals surface area contributed by atoms with Crippen LogP contribution in [0.15, 0.2) is 85.1 Å². The molecule has 2 N–H and O–H groups in total. The number of nitrogens with zero attached hydrogens (tertiary/aromatic N) is 1. The highest BCUT2D eigenvalue weighted by atomic mass is 16.5. The lowest BCUT2D eigenvalue weighted by molar-refractivity contribution is 0.300. The van der Waals surface area contributed by atoms with Gasteiger partial charge in [-0.3, -0.25) is 0 Å². The van der Waals surface area contributed by atoms with Crippen molar-refractivity contribution < 1.29 is 4.74 Å². The van der Waals surface area contributed by atoms with Crippen LogP contribution in [0.25, 0.3) is 11.1 Å². The first-order valence-electron chi connectivity index (χ1n) is 11.1. The summed E-state index contributed by atoms with van der Waals surface area (Å²) >= 11 is 0. The molecule has 0 saturated carbocycles. The fourth-order valence-corrected chi connectivity index (χ4v) is 4.94. The van der Waals surface area contributed by atoms with Crippen LogP contribution >= 0.6 is 0 Å². The fraction of sp³-hybridized carbons (Fsp3) is 0.179. The molecule has 4 heteroatoms. The van der Waals surface area contributed by atoms with Gasteiger partial charge in [0.25, 0.3) is 0 Å². The van der Waals surface area contributed by atoms with Crippen molar-refractivity contribution >= 4 is 11.5 Å². The van der Waals surface area contributed by atoms with Gasteiger partial charge < -0.3 is 15.4 Å². The number of pyridine rings is 1. The first-order valence-corrected chi connectivity index (χ1v) is 11.1. The average molecular weight is 420 g/mol. The third-order valence-electron chi connectivity index (χ3n) is 6.55. The minimum absolute atomic E-state index is 0.0737. The topological polar surface area (TPSA) is 46.2 Å². The molecule has 32 heavy (non-hydrogen) atoms. The Morgan fingerprint density at radius 2 is 1.72 bits per heavy atom. The largest absolute Gasteiger partial charge is 0.489 e. The molecule has 4 nitrogen and oxygen atoms in total. The molecule has 0 radical (unpaired) electrons. The van der Waals surface area contributed by atoms with Crippen molar-refractivity contribution in [1.82, 2.24) is 4.98 Å². The standard InChI is InChI=1S/C28H25N3O/c1-18-10-12-19(13-11-18)17-32-25-9-5-3-7-22(25)27-23-16-30-28-26(23)21(14-15-29-28)20-6-2-4-8-24(20)31-27/h2-15,23,27,31H,16-17H2,1H3,(H,29,30). The zero-order chi connectivity index (χ0) is 21.5. The van der Waals surface area contributed by atoms with Gasteiger partial charge in [-0.25, -0.2) is 4.98 Å². The summed E-state index contributed by atoms with van der Waals surface area (Å²) < 4.78 is 6.37. The van der Waals surface area contributed by atoms with Gasteiger partial charge in [-0.2, -0.15) is 0 Å². The summed E-state index contributed by atoms with van der Waals surface area (Å²) in [6.07, 6.45) is 1.90. The fourth-order valence-electron chi connectivity index (χ4n) is 4.94. The van der Waals surface area contributed by atoms with E-state index in [0.29, 0.717) is 6.61 Å². The third kappa shape index (κ3) is 3.19. The molecule has 2 atom stereocenters. The molecule has 2 aliphatic heterocycles. The Morgan fingerprint density at radius 1 is 0.906 bits per heavy atom. The molecular weight excluding hydrogens is 394 g/mol. The number of hydrogen-bond acceptors (Lipinski definition) is 4. The molecule has 0 bridgehead atoms. The molecule has 3 aromatic carbocycles. The zero-order valence-corrected chi connectivity index (χ0v) is 18.0. The van der Waals surface area contributed by atoms with Crippen molar-refractivity contribution in [3.05, 3.63) is 107 Å². The predicted octanol–water partition coefficient (Wildman–Crippen LogP) is 6.31. The summed E-state index contributed by atoms with van der Waals surface area (Å²) in [7, 11) is 0. The first-order chi connectivity index (χ1) is 15.8. The van der Waals surface area contributed by atoms with E-state index in [1.165, 1.54) is 33.4 Å². The van der Waals surface area contributed by atoms with Crippen LogP contribution in [0.5, 0.6) is 5.75 Å². The van der Waals surface area contributed by atoms with Crippen molar-refractivity contribution in [2.75, 3.05) is 17.2 Å². The number of para-hydroxylation sites is 2. The van der Waals surface area contributed by atoms with Gasteiger partial charge in [0, 0.05) is 41.0 Å². The maximum atomic E-state index is 6.37. The van der Waals surface area contributed by atoms with E-state index in [0.717, 1.165) is 23.8 Å². The molecule has 4 aromatic rings. The second-order valence-electron chi connectivity index (χ2n) is 8.59. The molecule has 0 saturated heterocycles. The molecule has 6 rings (SSSR count). The van der Waals surface area contributed by atoms with Gasteiger partial charge >= 0.3 is 0 Å². The van der Waals surface area contributed by atoms with E-state index in [9.17, 15) is 0 Å². The number of nitrogens with one attached hydrogen (secondary N) is 2. The van der Waals surface area contributed by atoms with Gasteiger partial charge in [-0.1, -0.05) is 66.2 Å². The monoisotopic (exact) mass is 419 g/mol. The normalized spacial score (nSPS) is 18.0. The van der Waals surface area contributed by atoms with E-state index in [2.05, 4.69) is 95.3 Å². The maximum absolute atomic E-state index is 6.37. The summed E-state index contributed by atoms with van der Waals surface area (Å²) in [6, 6.07) is 27.7. The van der Waals surface area contributed by atoms with Gasteiger partial charge in [0.15, 0.2) is 0 Å². The van der Waals surface area contributed by atoms with Crippen LogP contribution in [-0.4, -0.2) is 11.5 Å². The van der Waals surface area contributed by atoms with Gasteiger partial charge in [-0.05, 0) is 36.2 Å². The van der Waals surface area contributed by atoms with Crippen LogP contribution in [0.2, 0.25) is 0 Å². The molecule has 0 amide bonds. The molecule has 0 spiro atoms. The summed E-state index contributed by atoms with van der Waals surface area (Å²) in [5.41, 5.74) is 8.52. The molecule has 0 fully saturated rings. The van der Waals surface area contributed by atoms with E-state index < -0.39 is 0 Å². The smallest absolute Gasteiger partial charge is 0.130 e. The Balaban J connectivity index is 1.41. The van der Waals surface area contributed by atoms with Crippen molar-refractivity contribution in [2.24, 2.45) is 0 Å². The second kappa shape index (κ2) is 7.72. The van der Waals surface area contributed by atoms with Crippen LogP contribution in [0.1, 0.15) is 34.2 Å². The Bertz CT molecular complexity index is 1280. The van der Waals surface area contributed by atoms with Gasteiger partial charge in [0.1, 0.15) is 18.2 Å². The van der Waals surface area contributed by atoms with Crippen LogP contribution in [0.3, 0.4) is 0 Å². The summed E-state index contributed by atoms with van der Waals surface area (Å²) in [5.74, 6) is 2.17. The molecule has 2 aliphatic rings. The van der Waals surface area contributed by atoms with E-state index >= 15 is 0 Å². The quantitative estimate of drug-likeness (QED) is 0.407. The number of rotatable bonds is 4. The summed E-state index contributed by atoms with van der Waals surface area (Å²) in [5, 5.41) is 7.39. The highest BCUT2D eigenvalue weighted by Crippen LogP contribution is 2.50. The minimum Gasteiger partial charge on any atom is -0.489 e. The van der Waals surface area contributed by atoms with E-state index in [1.54, 1.807) is 0 Å². The second-order valence-corrected chi connectivity index (χ2v) is 8.59. The lowest BCUT2D eigenvalue weighted by Crippen LogP contribution is -2.21. The minimum atomic E-state index is 0.0737. The predicted molar refractivity (Wildman–Crippen MR) is 129 cm³/mol. The van der Waals surface area contributed by atoms with Crippen molar-refractivity contribution in [2.45, 2.75) is 25.5 Å². The Hall–Kier alpha value is -3.79. The number of aryl methyl sites for hydroxylation is 1. The highest BCUT2D eigenvalue weighted by molar-refractivity contribution is 5.85. The van der Waals surface area contributed by atoms with Gasteiger partial charge in [-0.15, -0.1) is 0 Å². The van der Waals surface area contributed by atoms with Crippen LogP contribution in [0.4, 0.5) is 11.5 Å². The number of benzene rings is 3. The van der Waals surface area contributed by atoms with E-state index in [-0.39, 0.29) is 12.0 Å². The molecule has 1 aromatic heterocycles. The van der Waals surface area contributed by atoms with Crippen molar-refractivity contribution in [3.8, 4) is 16.9 Å². The Morgan fingerprint density at radius 3 is 2.62 bits per heavy atom. The number of ether oxygens (including phenoxy) is 1. The summed E-state index contributed by atoms with van der Waals surface area (Å²) in [4.78, 5) is 4.63. The zero-order valence-electron chi connectivity index (χ0n) is 18.0. The number of fused-ring (bicyclic) bond motifs is 2. The number of aromatic nitrogens is 1. The number of hydrogen-bond donors (Lipinski definition) is 2. The molecular formula is C28H25N3O. The van der Waals surface area contributed by atoms with Gasteiger partial charge in [0.2, 0.25) is 0 Å². The highest BCUT2D eigenvalue weighted by Gasteiger charge is 2.38. The SMILES string of the molecule is Cc1ccc(COc2ccccc2C2Nc3ccccc3-c3ccnc4c3C2CN4)cc1. The van der Waals surface area contributed by atoms with E-state index in [1.807, 2.05) is 12.3 Å². The van der Waals surface area contributed by atoms with Crippen LogP contribution in [0, 0.1) is 6.92 Å². The van der Waals surface area contributed by atoms with Crippen molar-refractivity contribution in [1.29, 1.82) is 0 Å². The van der Waals surface area contributed by atoms with Gasteiger partial charge in [0.05, 0.1) is 6.04 Å². The lowest BCUT2D eigenvalue weighted by Gasteiger charge is -2.27. The molecule has 3 heterocycles. The summed E-state index contributed by atoms with van der Waals surface area (Å²) in [6.45, 7) is 3.50. The Labute approximate surface area is 188 Å². The van der Waals surface area contributed by atoms with Crippen LogP contribution < -0.4 is 15.4 Å². The molecule has 2 unspecified atom stereocenters. The van der Waals surface area contributed by atoms with Crippen LogP contribution in [-0.2, 0) is 6.61 Å². The maximum Gasteiger partial charge on any atom is 0.130 e. The lowest BCUT2D eigenvalue weighted by atomic mass is 9.86. The van der Waals surface area contributed by atoms with Crippen molar-refractivity contribution in [3.63, 3.8) is 0 Å².